The molecular weight excluding hydrogens is 443 g/mol. The minimum Gasteiger partial charge on any atom is -0.0671 e. The molecule has 2 rings (SSSR count). The van der Waals surface area contributed by atoms with Crippen LogP contribution in [0.4, 0.5) is 0 Å². The van der Waals surface area contributed by atoms with E-state index in [1.807, 2.05) is 0 Å². The van der Waals surface area contributed by atoms with Gasteiger partial charge < -0.3 is 0 Å². The van der Waals surface area contributed by atoms with Crippen LogP contribution in [0.2, 0.25) is 13.1 Å². The molecule has 0 aliphatic rings. The third kappa shape index (κ3) is 2.67. The molecule has 0 aliphatic carbocycles. The SMILES string of the molecule is Cc1c(C)c(C)c2c(C)c([Si](C)C)c(C)c(C)c2c1C.[Re]. The molecule has 2 aromatic carbocycles. The number of aryl methyl sites for hydroxylation is 4. The fourth-order valence-electron chi connectivity index (χ4n) is 3.78. The van der Waals surface area contributed by atoms with Gasteiger partial charge in [0.25, 0.3) is 0 Å². The van der Waals surface area contributed by atoms with E-state index in [0.29, 0.717) is 0 Å². The molecular formula is C19H27ReSi. The van der Waals surface area contributed by atoms with Crippen LogP contribution in [0.25, 0.3) is 10.8 Å². The van der Waals surface area contributed by atoms with E-state index in [1.54, 1.807) is 5.19 Å². The topological polar surface area (TPSA) is 0 Å². The molecule has 114 valence electrons. The molecule has 0 saturated heterocycles. The van der Waals surface area contributed by atoms with Gasteiger partial charge in [-0.2, -0.15) is 0 Å². The zero-order valence-corrected chi connectivity index (χ0v) is 18.6. The Bertz CT molecular complexity index is 712. The van der Waals surface area contributed by atoms with E-state index in [2.05, 4.69) is 61.6 Å². The van der Waals surface area contributed by atoms with Crippen LogP contribution in [0.3, 0.4) is 0 Å². The van der Waals surface area contributed by atoms with E-state index in [4.69, 9.17) is 0 Å². The second-order valence-corrected chi connectivity index (χ2v) is 9.00. The van der Waals surface area contributed by atoms with Crippen molar-refractivity contribution in [1.82, 2.24) is 0 Å². The summed E-state index contributed by atoms with van der Waals surface area (Å²) in [6, 6.07) is 0. The minimum absolute atomic E-state index is 0. The minimum atomic E-state index is -0.437. The first kappa shape index (κ1) is 18.6. The Morgan fingerprint density at radius 2 is 0.810 bits per heavy atom. The zero-order valence-electron chi connectivity index (χ0n) is 14.9. The molecule has 2 aromatic rings. The molecule has 0 aromatic heterocycles. The molecule has 21 heavy (non-hydrogen) atoms. The van der Waals surface area contributed by atoms with Gasteiger partial charge in [0.1, 0.15) is 0 Å². The van der Waals surface area contributed by atoms with Crippen molar-refractivity contribution in [2.45, 2.75) is 61.6 Å². The van der Waals surface area contributed by atoms with Crippen molar-refractivity contribution >= 4 is 24.8 Å². The summed E-state index contributed by atoms with van der Waals surface area (Å²) in [5.74, 6) is 0. The van der Waals surface area contributed by atoms with Crippen LogP contribution in [0, 0.1) is 48.5 Å². The predicted octanol–water partition coefficient (Wildman–Crippen LogP) is 4.96. The van der Waals surface area contributed by atoms with Crippen LogP contribution in [0.5, 0.6) is 0 Å². The Labute approximate surface area is 145 Å². The summed E-state index contributed by atoms with van der Waals surface area (Å²) >= 11 is 0. The first-order valence-electron chi connectivity index (χ1n) is 7.50. The van der Waals surface area contributed by atoms with E-state index in [-0.39, 0.29) is 20.4 Å². The smallest absolute Gasteiger partial charge is 0.0671 e. The normalized spacial score (nSPS) is 11.1. The average Bonchev–Trinajstić information content (AvgIpc) is 2.37. The fourth-order valence-corrected chi connectivity index (χ4v) is 5.59. The fraction of sp³-hybridized carbons (Fsp3) is 0.474. The summed E-state index contributed by atoms with van der Waals surface area (Å²) in [4.78, 5) is 0. The molecule has 2 heteroatoms. The predicted molar refractivity (Wildman–Crippen MR) is 94.2 cm³/mol. The molecule has 0 saturated carbocycles. The van der Waals surface area contributed by atoms with Gasteiger partial charge in [-0.05, 0) is 98.2 Å². The maximum Gasteiger partial charge on any atom is 0.0799 e. The summed E-state index contributed by atoms with van der Waals surface area (Å²) in [7, 11) is -0.437. The molecule has 2 radical (unpaired) electrons. The van der Waals surface area contributed by atoms with Crippen molar-refractivity contribution in [2.24, 2.45) is 0 Å². The molecule has 0 N–H and O–H groups in total. The molecule has 0 unspecified atom stereocenters. The van der Waals surface area contributed by atoms with E-state index >= 15 is 0 Å². The van der Waals surface area contributed by atoms with E-state index < -0.39 is 8.80 Å². The van der Waals surface area contributed by atoms with Crippen molar-refractivity contribution in [3.8, 4) is 0 Å². The molecule has 0 spiro atoms. The summed E-state index contributed by atoms with van der Waals surface area (Å²) in [6.07, 6.45) is 0. The summed E-state index contributed by atoms with van der Waals surface area (Å²) in [5.41, 5.74) is 10.4. The van der Waals surface area contributed by atoms with E-state index in [0.717, 1.165) is 0 Å². The van der Waals surface area contributed by atoms with Gasteiger partial charge in [0.2, 0.25) is 0 Å². The Morgan fingerprint density at radius 3 is 1.19 bits per heavy atom. The van der Waals surface area contributed by atoms with Crippen molar-refractivity contribution in [3.63, 3.8) is 0 Å². The Morgan fingerprint density at radius 1 is 0.476 bits per heavy atom. The molecule has 0 fully saturated rings. The van der Waals surface area contributed by atoms with Crippen molar-refractivity contribution in [3.05, 3.63) is 38.9 Å². The summed E-state index contributed by atoms with van der Waals surface area (Å²) < 4.78 is 0. The number of hydrogen-bond donors (Lipinski definition) is 0. The molecule has 0 bridgehead atoms. The molecule has 0 nitrogen and oxygen atoms in total. The molecule has 0 aliphatic heterocycles. The number of benzene rings is 2. The standard InChI is InChI=1S/C19H27Si.Re/c1-10-11(2)13(4)18-16(7)19(20(8)9)15(6)14(5)17(18)12(10)3;/h1-9H3;. The second-order valence-electron chi connectivity index (χ2n) is 6.50. The molecule has 0 amide bonds. The van der Waals surface area contributed by atoms with Gasteiger partial charge in [-0.1, -0.05) is 18.3 Å². The van der Waals surface area contributed by atoms with E-state index in [9.17, 15) is 0 Å². The van der Waals surface area contributed by atoms with E-state index in [1.165, 1.54) is 49.7 Å². The van der Waals surface area contributed by atoms with Gasteiger partial charge >= 0.3 is 0 Å². The second kappa shape index (κ2) is 6.37. The Hall–Kier alpha value is -0.421. The van der Waals surface area contributed by atoms with Crippen LogP contribution >= 0.6 is 0 Å². The van der Waals surface area contributed by atoms with Gasteiger partial charge in [0.05, 0.1) is 8.80 Å². The van der Waals surface area contributed by atoms with Crippen LogP contribution in [-0.4, -0.2) is 8.80 Å². The van der Waals surface area contributed by atoms with Crippen LogP contribution in [0.15, 0.2) is 0 Å². The maximum atomic E-state index is 2.41. The summed E-state index contributed by atoms with van der Waals surface area (Å²) in [5, 5.41) is 4.67. The van der Waals surface area contributed by atoms with Gasteiger partial charge in [-0.3, -0.25) is 0 Å². The van der Waals surface area contributed by atoms with Crippen molar-refractivity contribution in [1.29, 1.82) is 0 Å². The Balaban J connectivity index is 0.00000220. The molecule has 0 atom stereocenters. The number of hydrogen-bond acceptors (Lipinski definition) is 0. The summed E-state index contributed by atoms with van der Waals surface area (Å²) in [6.45, 7) is 20.9. The molecule has 0 heterocycles. The van der Waals surface area contributed by atoms with Crippen LogP contribution < -0.4 is 5.19 Å². The first-order valence-corrected chi connectivity index (χ1v) is 10.0. The maximum absolute atomic E-state index is 2.41. The number of fused-ring (bicyclic) bond motifs is 1. The van der Waals surface area contributed by atoms with Crippen LogP contribution in [0.1, 0.15) is 38.9 Å². The van der Waals surface area contributed by atoms with Gasteiger partial charge in [0, 0.05) is 20.4 Å². The third-order valence-corrected chi connectivity index (χ3v) is 7.00. The van der Waals surface area contributed by atoms with Gasteiger partial charge in [0.15, 0.2) is 0 Å². The number of rotatable bonds is 1. The quantitative estimate of drug-likeness (QED) is 0.518. The van der Waals surface area contributed by atoms with Gasteiger partial charge in [-0.25, -0.2) is 0 Å². The van der Waals surface area contributed by atoms with Crippen molar-refractivity contribution < 1.29 is 20.4 Å². The zero-order chi connectivity index (χ0) is 15.4. The van der Waals surface area contributed by atoms with Crippen molar-refractivity contribution in [2.75, 3.05) is 0 Å². The van der Waals surface area contributed by atoms with Gasteiger partial charge in [-0.15, -0.1) is 0 Å². The Kier molecular flexibility index (Phi) is 5.65. The monoisotopic (exact) mass is 470 g/mol. The first-order chi connectivity index (χ1) is 9.20. The van der Waals surface area contributed by atoms with Crippen LogP contribution in [-0.2, 0) is 20.4 Å². The average molecular weight is 470 g/mol. The third-order valence-electron chi connectivity index (χ3n) is 5.25. The largest absolute Gasteiger partial charge is 0.0799 e.